The number of aliphatic hydroxyl groups is 1. The molecule has 1 unspecified atom stereocenters. The number of halogens is 2. The number of nitro benzene ring substituents is 1. The zero-order valence-electron chi connectivity index (χ0n) is 20.4. The van der Waals surface area contributed by atoms with Crippen molar-refractivity contribution in [3.05, 3.63) is 109 Å². The first-order valence-corrected chi connectivity index (χ1v) is 13.1. The van der Waals surface area contributed by atoms with E-state index in [1.165, 1.54) is 12.1 Å². The number of ether oxygens (including phenoxy) is 1. The number of fused-ring (bicyclic) bond motifs is 1. The van der Waals surface area contributed by atoms with E-state index >= 15 is 0 Å². The summed E-state index contributed by atoms with van der Waals surface area (Å²) in [5.41, 5.74) is 3.62. The number of allylic oxidation sites excluding steroid dienone is 4. The van der Waals surface area contributed by atoms with Crippen LogP contribution >= 0.6 is 27.5 Å². The Labute approximate surface area is 229 Å². The molecule has 1 saturated carbocycles. The number of nitrogens with zero attached hydrogens (tertiary/aromatic N) is 2. The van der Waals surface area contributed by atoms with Gasteiger partial charge in [0.25, 0.3) is 11.6 Å². The van der Waals surface area contributed by atoms with E-state index in [-0.39, 0.29) is 23.1 Å². The van der Waals surface area contributed by atoms with Gasteiger partial charge >= 0.3 is 0 Å². The minimum Gasteiger partial charge on any atom is -0.396 e. The van der Waals surface area contributed by atoms with Crippen LogP contribution in [0.5, 0.6) is 0 Å². The molecule has 0 spiro atoms. The number of carbonyl (C=O) groups is 1. The highest BCUT2D eigenvalue weighted by Gasteiger charge is 2.42. The molecule has 2 aromatic rings. The predicted octanol–water partition coefficient (Wildman–Crippen LogP) is 6.27. The average molecular weight is 588 g/mol. The highest BCUT2D eigenvalue weighted by molar-refractivity contribution is 9.11. The summed E-state index contributed by atoms with van der Waals surface area (Å²) in [7, 11) is 1.68. The van der Waals surface area contributed by atoms with E-state index < -0.39 is 4.92 Å². The van der Waals surface area contributed by atoms with Crippen LogP contribution in [0.25, 0.3) is 0 Å². The summed E-state index contributed by atoms with van der Waals surface area (Å²) in [6, 6.07) is 13.6. The molecule has 1 aliphatic heterocycles. The van der Waals surface area contributed by atoms with Crippen LogP contribution in [0.15, 0.2) is 82.4 Å². The van der Waals surface area contributed by atoms with Crippen LogP contribution in [0.4, 0.5) is 5.69 Å². The molecule has 7 nitrogen and oxygen atoms in total. The topological polar surface area (TPSA) is 92.9 Å². The molecule has 1 amide bonds. The summed E-state index contributed by atoms with van der Waals surface area (Å²) < 4.78 is 5.77. The molecule has 37 heavy (non-hydrogen) atoms. The van der Waals surface area contributed by atoms with E-state index in [0.717, 1.165) is 47.1 Å². The van der Waals surface area contributed by atoms with Crippen molar-refractivity contribution in [1.29, 1.82) is 0 Å². The third-order valence-electron chi connectivity index (χ3n) is 6.77. The van der Waals surface area contributed by atoms with Crippen molar-refractivity contribution in [3.63, 3.8) is 0 Å². The molecule has 2 aromatic carbocycles. The van der Waals surface area contributed by atoms with E-state index in [0.29, 0.717) is 23.7 Å². The highest BCUT2D eigenvalue weighted by atomic mass is 79.9. The van der Waals surface area contributed by atoms with Crippen LogP contribution in [0.2, 0.25) is 5.02 Å². The molecule has 0 bridgehead atoms. The van der Waals surface area contributed by atoms with Crippen molar-refractivity contribution < 1.29 is 19.6 Å². The Morgan fingerprint density at radius 1 is 1.16 bits per heavy atom. The molecule has 0 radical (unpaired) electrons. The van der Waals surface area contributed by atoms with Gasteiger partial charge in [0.1, 0.15) is 0 Å². The zero-order valence-corrected chi connectivity index (χ0v) is 22.7. The molecular formula is C28H28BrClN2O5. The number of likely N-dealkylation sites (tertiary alicyclic amines) is 1. The molecule has 1 N–H and O–H groups in total. The van der Waals surface area contributed by atoms with Gasteiger partial charge in [-0.15, -0.1) is 0 Å². The van der Waals surface area contributed by atoms with E-state index in [2.05, 4.69) is 22.0 Å². The van der Waals surface area contributed by atoms with Gasteiger partial charge in [0.15, 0.2) is 0 Å². The number of aliphatic hydroxyl groups excluding tert-OH is 1. The molecule has 9 heteroatoms. The van der Waals surface area contributed by atoms with Crippen LogP contribution in [-0.2, 0) is 16.1 Å². The Bertz CT molecular complexity index is 1250. The number of rotatable bonds is 7. The van der Waals surface area contributed by atoms with E-state index in [9.17, 15) is 14.9 Å². The number of nitro groups is 1. The minimum atomic E-state index is -0.432. The third kappa shape index (κ3) is 6.38. The Kier molecular flexibility index (Phi) is 8.64. The predicted molar refractivity (Wildman–Crippen MR) is 146 cm³/mol. The largest absolute Gasteiger partial charge is 0.396 e. The molecule has 1 saturated heterocycles. The average Bonchev–Trinajstić information content (AvgIpc) is 3.65. The number of hydrogen-bond acceptors (Lipinski definition) is 5. The van der Waals surface area contributed by atoms with Crippen LogP contribution < -0.4 is 0 Å². The first-order valence-electron chi connectivity index (χ1n) is 11.9. The van der Waals surface area contributed by atoms with Crippen molar-refractivity contribution in [2.45, 2.75) is 31.8 Å². The first kappa shape index (κ1) is 27.3. The van der Waals surface area contributed by atoms with Gasteiger partial charge in [-0.1, -0.05) is 63.9 Å². The van der Waals surface area contributed by atoms with Gasteiger partial charge in [-0.3, -0.25) is 14.9 Å². The van der Waals surface area contributed by atoms with Gasteiger partial charge in [0.05, 0.1) is 24.2 Å². The van der Waals surface area contributed by atoms with Gasteiger partial charge in [-0.05, 0) is 54.2 Å². The number of hydrogen-bond donors (Lipinski definition) is 1. The maximum atomic E-state index is 13.3. The third-order valence-corrected chi connectivity index (χ3v) is 7.57. The van der Waals surface area contributed by atoms with Crippen molar-refractivity contribution in [2.24, 2.45) is 5.41 Å². The monoisotopic (exact) mass is 586 g/mol. The standard InChI is InChI=1S/C22H16BrClN2O3.C6H12O2/c23-16-2-1-3-19-20(12-16)22(27)25(21(19)15-6-8-17(24)9-7-15)13-14-4-10-18(11-5-14)26(28)29;1-8-5-6(4-7)2-3-6/h2-12,21H,1,13H2;7H,2-5H2,1H3. The number of methoxy groups -OCH3 is 1. The summed E-state index contributed by atoms with van der Waals surface area (Å²) >= 11 is 9.56. The first-order chi connectivity index (χ1) is 17.8. The van der Waals surface area contributed by atoms with Gasteiger partial charge in [-0.2, -0.15) is 0 Å². The number of non-ortho nitro benzene ring substituents is 1. The second-order valence-electron chi connectivity index (χ2n) is 9.44. The molecule has 1 atom stereocenters. The molecule has 0 aromatic heterocycles. The van der Waals surface area contributed by atoms with Crippen LogP contribution in [0.1, 0.15) is 36.4 Å². The molecule has 194 valence electrons. The SMILES string of the molecule is COCC1(CO)CC1.O=C1C2=CC(Br)=CCC=C2C(c2ccc(Cl)cc2)N1Cc1ccc([N+](=O)[O-])cc1. The van der Waals surface area contributed by atoms with Crippen LogP contribution in [0, 0.1) is 15.5 Å². The molecular weight excluding hydrogens is 560 g/mol. The summed E-state index contributed by atoms with van der Waals surface area (Å²) in [4.78, 5) is 25.6. The summed E-state index contributed by atoms with van der Waals surface area (Å²) in [6.07, 6.45) is 8.95. The molecule has 3 aliphatic rings. The lowest BCUT2D eigenvalue weighted by molar-refractivity contribution is -0.384. The number of amides is 1. The van der Waals surface area contributed by atoms with E-state index in [4.69, 9.17) is 21.4 Å². The van der Waals surface area contributed by atoms with Gasteiger partial charge in [0, 0.05) is 46.3 Å². The van der Waals surface area contributed by atoms with Crippen molar-refractivity contribution >= 4 is 39.1 Å². The molecule has 5 rings (SSSR count). The Morgan fingerprint density at radius 2 is 1.84 bits per heavy atom. The maximum absolute atomic E-state index is 13.3. The maximum Gasteiger partial charge on any atom is 0.269 e. The Hall–Kier alpha value is -2.78. The Morgan fingerprint density at radius 3 is 2.38 bits per heavy atom. The van der Waals surface area contributed by atoms with Crippen molar-refractivity contribution in [1.82, 2.24) is 4.90 Å². The Balaban J connectivity index is 0.000000342. The fraction of sp³-hybridized carbons (Fsp3) is 0.321. The number of benzene rings is 2. The van der Waals surface area contributed by atoms with Gasteiger partial charge in [-0.25, -0.2) is 0 Å². The lowest BCUT2D eigenvalue weighted by Gasteiger charge is -2.25. The second-order valence-corrected chi connectivity index (χ2v) is 10.8. The van der Waals surface area contributed by atoms with Crippen molar-refractivity contribution in [2.75, 3.05) is 20.3 Å². The molecule has 2 aliphatic carbocycles. The number of carbonyl (C=O) groups excluding carboxylic acids is 1. The highest BCUT2D eigenvalue weighted by Crippen LogP contribution is 2.45. The van der Waals surface area contributed by atoms with Crippen molar-refractivity contribution in [3.8, 4) is 0 Å². The van der Waals surface area contributed by atoms with Crippen LogP contribution in [-0.4, -0.2) is 41.2 Å². The fourth-order valence-electron chi connectivity index (χ4n) is 4.49. The van der Waals surface area contributed by atoms with Gasteiger partial charge in [0.2, 0.25) is 0 Å². The summed E-state index contributed by atoms with van der Waals surface area (Å²) in [6.45, 7) is 1.37. The fourth-order valence-corrected chi connectivity index (χ4v) is 5.03. The minimum absolute atomic E-state index is 0.0281. The molecule has 1 heterocycles. The van der Waals surface area contributed by atoms with E-state index in [1.54, 1.807) is 24.1 Å². The second kappa shape index (κ2) is 11.7. The smallest absolute Gasteiger partial charge is 0.269 e. The van der Waals surface area contributed by atoms with E-state index in [1.807, 2.05) is 36.4 Å². The summed E-state index contributed by atoms with van der Waals surface area (Å²) in [5.74, 6) is -0.0678. The normalized spacial score (nSPS) is 19.6. The lowest BCUT2D eigenvalue weighted by Crippen LogP contribution is -2.27. The van der Waals surface area contributed by atoms with Crippen LogP contribution in [0.3, 0.4) is 0 Å². The summed E-state index contributed by atoms with van der Waals surface area (Å²) in [5, 5.41) is 20.3. The quantitative estimate of drug-likeness (QED) is 0.304. The zero-order chi connectivity index (χ0) is 26.6. The lowest BCUT2D eigenvalue weighted by atomic mass is 9.96. The van der Waals surface area contributed by atoms with Gasteiger partial charge < -0.3 is 14.7 Å². The molecule has 2 fully saturated rings.